The fraction of sp³-hybridized carbons (Fsp3) is 0.467. The van der Waals surface area contributed by atoms with E-state index in [-0.39, 0.29) is 17.6 Å². The first kappa shape index (κ1) is 17.0. The molecule has 0 aliphatic heterocycles. The summed E-state index contributed by atoms with van der Waals surface area (Å²) in [6.45, 7) is 4.30. The Kier molecular flexibility index (Phi) is 6.17. The van der Waals surface area contributed by atoms with Crippen molar-refractivity contribution in [2.75, 3.05) is 13.1 Å². The van der Waals surface area contributed by atoms with Gasteiger partial charge in [-0.15, -0.1) is 0 Å². The molecule has 21 heavy (non-hydrogen) atoms. The van der Waals surface area contributed by atoms with Gasteiger partial charge in [-0.25, -0.2) is 0 Å². The lowest BCUT2D eigenvalue weighted by Crippen LogP contribution is -2.52. The van der Waals surface area contributed by atoms with Gasteiger partial charge >= 0.3 is 0 Å². The second-order valence-corrected chi connectivity index (χ2v) is 5.23. The van der Waals surface area contributed by atoms with Crippen LogP contribution in [0.2, 0.25) is 0 Å². The number of nitrogens with one attached hydrogen (secondary N) is 2. The van der Waals surface area contributed by atoms with E-state index in [0.717, 1.165) is 6.42 Å². The number of carbonyl (C=O) groups excluding carboxylic acids is 2. The Morgan fingerprint density at radius 3 is 2.33 bits per heavy atom. The maximum atomic E-state index is 11.8. The van der Waals surface area contributed by atoms with Crippen molar-refractivity contribution in [2.45, 2.75) is 32.2 Å². The molecule has 6 heteroatoms. The molecular weight excluding hydrogens is 270 g/mol. The number of aromatic hydroxyl groups is 1. The van der Waals surface area contributed by atoms with Crippen molar-refractivity contribution in [3.8, 4) is 5.75 Å². The van der Waals surface area contributed by atoms with Crippen LogP contribution in [0, 0.1) is 0 Å². The Hall–Kier alpha value is -2.08. The minimum absolute atomic E-state index is 0.108. The summed E-state index contributed by atoms with van der Waals surface area (Å²) in [6.07, 6.45) is 1.44. The minimum Gasteiger partial charge on any atom is -0.508 e. The molecule has 0 fully saturated rings. The Bertz CT molecular complexity index is 483. The zero-order chi connectivity index (χ0) is 15.9. The number of hydrogen-bond acceptors (Lipinski definition) is 4. The van der Waals surface area contributed by atoms with E-state index in [1.807, 2.05) is 6.92 Å². The van der Waals surface area contributed by atoms with E-state index in [0.29, 0.717) is 25.1 Å². The van der Waals surface area contributed by atoms with Crippen molar-refractivity contribution < 1.29 is 14.7 Å². The topological polar surface area (TPSA) is 104 Å². The molecule has 1 aromatic carbocycles. The average Bonchev–Trinajstić information content (AvgIpc) is 2.43. The Balaban J connectivity index is 2.32. The summed E-state index contributed by atoms with van der Waals surface area (Å²) >= 11 is 0. The summed E-state index contributed by atoms with van der Waals surface area (Å²) in [5.74, 6) is -0.367. The molecular formula is C15H23N3O3. The standard InChI is InChI=1S/C15H23N3O3/c1-3-8-15(2,16)14(21)18-10-9-17-13(20)11-4-6-12(19)7-5-11/h4-7,19H,3,8-10,16H2,1-2H3,(H,17,20)(H,18,21). The summed E-state index contributed by atoms with van der Waals surface area (Å²) in [6, 6.07) is 5.95. The number of hydrogen-bond donors (Lipinski definition) is 4. The van der Waals surface area contributed by atoms with Crippen molar-refractivity contribution in [2.24, 2.45) is 5.73 Å². The lowest BCUT2D eigenvalue weighted by molar-refractivity contribution is -0.126. The van der Waals surface area contributed by atoms with Crippen LogP contribution >= 0.6 is 0 Å². The molecule has 0 aliphatic rings. The van der Waals surface area contributed by atoms with E-state index in [1.54, 1.807) is 6.92 Å². The molecule has 1 rings (SSSR count). The molecule has 2 amide bonds. The minimum atomic E-state index is -0.879. The number of carbonyl (C=O) groups is 2. The van der Waals surface area contributed by atoms with Crippen LogP contribution in [0.25, 0.3) is 0 Å². The number of nitrogens with two attached hydrogens (primary N) is 1. The normalized spacial score (nSPS) is 13.3. The third-order valence-corrected chi connectivity index (χ3v) is 3.11. The van der Waals surface area contributed by atoms with E-state index >= 15 is 0 Å². The highest BCUT2D eigenvalue weighted by atomic mass is 16.3. The molecule has 6 nitrogen and oxygen atoms in total. The third-order valence-electron chi connectivity index (χ3n) is 3.11. The first-order valence-corrected chi connectivity index (χ1v) is 7.01. The van der Waals surface area contributed by atoms with Gasteiger partial charge in [0.1, 0.15) is 5.75 Å². The van der Waals surface area contributed by atoms with Gasteiger partial charge in [-0.2, -0.15) is 0 Å². The van der Waals surface area contributed by atoms with E-state index in [4.69, 9.17) is 10.8 Å². The van der Waals surface area contributed by atoms with Crippen molar-refractivity contribution in [1.29, 1.82) is 0 Å². The van der Waals surface area contributed by atoms with Crippen molar-refractivity contribution >= 4 is 11.8 Å². The Morgan fingerprint density at radius 2 is 1.76 bits per heavy atom. The van der Waals surface area contributed by atoms with E-state index in [9.17, 15) is 9.59 Å². The molecule has 5 N–H and O–H groups in total. The molecule has 0 saturated heterocycles. The molecule has 0 aromatic heterocycles. The fourth-order valence-corrected chi connectivity index (χ4v) is 1.90. The second-order valence-electron chi connectivity index (χ2n) is 5.23. The van der Waals surface area contributed by atoms with Crippen LogP contribution < -0.4 is 16.4 Å². The lowest BCUT2D eigenvalue weighted by atomic mass is 9.97. The average molecular weight is 293 g/mol. The molecule has 116 valence electrons. The molecule has 0 radical (unpaired) electrons. The van der Waals surface area contributed by atoms with Gasteiger partial charge in [0.2, 0.25) is 5.91 Å². The molecule has 0 spiro atoms. The number of phenolic OH excluding ortho intramolecular Hbond substituents is 1. The molecule has 0 saturated carbocycles. The SMILES string of the molecule is CCCC(C)(N)C(=O)NCCNC(=O)c1ccc(O)cc1. The summed E-state index contributed by atoms with van der Waals surface area (Å²) in [4.78, 5) is 23.6. The largest absolute Gasteiger partial charge is 0.508 e. The van der Waals surface area contributed by atoms with Gasteiger partial charge < -0.3 is 21.5 Å². The van der Waals surface area contributed by atoms with Crippen LogP contribution in [0.5, 0.6) is 5.75 Å². The zero-order valence-electron chi connectivity index (χ0n) is 12.5. The van der Waals surface area contributed by atoms with Gasteiger partial charge in [-0.05, 0) is 37.6 Å². The highest BCUT2D eigenvalue weighted by molar-refractivity contribution is 5.94. The quantitative estimate of drug-likeness (QED) is 0.557. The highest BCUT2D eigenvalue weighted by Gasteiger charge is 2.26. The smallest absolute Gasteiger partial charge is 0.251 e. The van der Waals surface area contributed by atoms with Crippen molar-refractivity contribution in [1.82, 2.24) is 10.6 Å². The van der Waals surface area contributed by atoms with E-state index in [1.165, 1.54) is 24.3 Å². The third kappa shape index (κ3) is 5.43. The summed E-state index contributed by atoms with van der Waals surface area (Å²) in [5, 5.41) is 14.5. The molecule has 1 unspecified atom stereocenters. The maximum absolute atomic E-state index is 11.8. The molecule has 0 heterocycles. The monoisotopic (exact) mass is 293 g/mol. The first-order valence-electron chi connectivity index (χ1n) is 7.01. The van der Waals surface area contributed by atoms with Crippen LogP contribution in [-0.2, 0) is 4.79 Å². The molecule has 0 aliphatic carbocycles. The van der Waals surface area contributed by atoms with Crippen LogP contribution in [-0.4, -0.2) is 35.5 Å². The van der Waals surface area contributed by atoms with Gasteiger partial charge in [-0.3, -0.25) is 9.59 Å². The summed E-state index contributed by atoms with van der Waals surface area (Å²) < 4.78 is 0. The molecule has 1 aromatic rings. The summed E-state index contributed by atoms with van der Waals surface area (Å²) in [5.41, 5.74) is 5.47. The van der Waals surface area contributed by atoms with Gasteiger partial charge in [0.25, 0.3) is 5.91 Å². The zero-order valence-corrected chi connectivity index (χ0v) is 12.5. The number of phenols is 1. The van der Waals surface area contributed by atoms with E-state index in [2.05, 4.69) is 10.6 Å². The highest BCUT2D eigenvalue weighted by Crippen LogP contribution is 2.09. The van der Waals surface area contributed by atoms with Crippen molar-refractivity contribution in [3.05, 3.63) is 29.8 Å². The van der Waals surface area contributed by atoms with Crippen LogP contribution in [0.15, 0.2) is 24.3 Å². The van der Waals surface area contributed by atoms with Crippen LogP contribution in [0.1, 0.15) is 37.0 Å². The predicted octanol–water partition coefficient (Wildman–Crippen LogP) is 0.756. The maximum Gasteiger partial charge on any atom is 0.251 e. The van der Waals surface area contributed by atoms with Gasteiger partial charge in [0, 0.05) is 18.7 Å². The van der Waals surface area contributed by atoms with Crippen LogP contribution in [0.3, 0.4) is 0 Å². The van der Waals surface area contributed by atoms with Gasteiger partial charge in [0.05, 0.1) is 5.54 Å². The lowest BCUT2D eigenvalue weighted by Gasteiger charge is -2.22. The predicted molar refractivity (Wildman–Crippen MR) is 81.0 cm³/mol. The van der Waals surface area contributed by atoms with E-state index < -0.39 is 5.54 Å². The molecule has 0 bridgehead atoms. The van der Waals surface area contributed by atoms with Gasteiger partial charge in [0.15, 0.2) is 0 Å². The van der Waals surface area contributed by atoms with Crippen molar-refractivity contribution in [3.63, 3.8) is 0 Å². The second kappa shape index (κ2) is 7.64. The summed E-state index contributed by atoms with van der Waals surface area (Å²) in [7, 11) is 0. The number of amides is 2. The fourth-order valence-electron chi connectivity index (χ4n) is 1.90. The van der Waals surface area contributed by atoms with Gasteiger partial charge in [-0.1, -0.05) is 13.3 Å². The van der Waals surface area contributed by atoms with Crippen LogP contribution in [0.4, 0.5) is 0 Å². The number of rotatable bonds is 7. The Morgan fingerprint density at radius 1 is 1.19 bits per heavy atom. The number of benzene rings is 1. The molecule has 1 atom stereocenters. The Labute approximate surface area is 124 Å². The first-order chi connectivity index (χ1) is 9.86.